The molecule has 1 saturated heterocycles. The average Bonchev–Trinajstić information content (AvgIpc) is 3.32. The minimum absolute atomic E-state index is 0.0397. The van der Waals surface area contributed by atoms with Crippen molar-refractivity contribution in [1.82, 2.24) is 0 Å². The first kappa shape index (κ1) is 15.0. The molecule has 1 aromatic rings. The smallest absolute Gasteiger partial charge is 0.293 e. The Kier molecular flexibility index (Phi) is 4.11. The van der Waals surface area contributed by atoms with Crippen molar-refractivity contribution in [3.63, 3.8) is 0 Å². The van der Waals surface area contributed by atoms with Gasteiger partial charge in [0, 0.05) is 24.3 Å². The molecule has 0 aromatic heterocycles. The van der Waals surface area contributed by atoms with E-state index in [-0.39, 0.29) is 23.6 Å². The van der Waals surface area contributed by atoms with Gasteiger partial charge in [-0.15, -0.1) is 0 Å². The number of hydrogen-bond donors (Lipinski definition) is 1. The number of nitrogens with one attached hydrogen (secondary N) is 1. The van der Waals surface area contributed by atoms with Gasteiger partial charge in [0.05, 0.1) is 11.0 Å². The lowest BCUT2D eigenvalue weighted by Gasteiger charge is -2.30. The minimum Gasteiger partial charge on any atom is -0.378 e. The van der Waals surface area contributed by atoms with E-state index in [1.165, 1.54) is 25.8 Å². The number of nitro benzene ring substituents is 1. The van der Waals surface area contributed by atoms with Crippen molar-refractivity contribution in [2.24, 2.45) is 5.92 Å². The van der Waals surface area contributed by atoms with Crippen LogP contribution < -0.4 is 5.32 Å². The molecule has 1 aliphatic carbocycles. The van der Waals surface area contributed by atoms with Gasteiger partial charge >= 0.3 is 0 Å². The van der Waals surface area contributed by atoms with Gasteiger partial charge in [-0.05, 0) is 50.7 Å². The van der Waals surface area contributed by atoms with Crippen molar-refractivity contribution in [1.29, 1.82) is 0 Å². The summed E-state index contributed by atoms with van der Waals surface area (Å²) in [5, 5.41) is 14.5. The van der Waals surface area contributed by atoms with Crippen LogP contribution in [0.25, 0.3) is 0 Å². The van der Waals surface area contributed by atoms with Gasteiger partial charge in [0.25, 0.3) is 5.69 Å². The summed E-state index contributed by atoms with van der Waals surface area (Å²) in [5.41, 5.74) is 0.804. The molecule has 2 atom stereocenters. The fraction of sp³-hybridized carbons (Fsp3) is 0.562. The summed E-state index contributed by atoms with van der Waals surface area (Å²) in [7, 11) is 0. The van der Waals surface area contributed by atoms with Gasteiger partial charge in [0.15, 0.2) is 5.78 Å². The van der Waals surface area contributed by atoms with Crippen molar-refractivity contribution in [2.45, 2.75) is 44.8 Å². The average molecular weight is 304 g/mol. The highest BCUT2D eigenvalue weighted by Crippen LogP contribution is 2.39. The van der Waals surface area contributed by atoms with E-state index >= 15 is 0 Å². The third kappa shape index (κ3) is 3.27. The zero-order valence-corrected chi connectivity index (χ0v) is 12.6. The number of carbonyl (C=O) groups excluding carboxylic acids is 1. The van der Waals surface area contributed by atoms with Crippen molar-refractivity contribution in [3.8, 4) is 0 Å². The Morgan fingerprint density at radius 3 is 2.77 bits per heavy atom. The second kappa shape index (κ2) is 6.04. The van der Waals surface area contributed by atoms with Crippen molar-refractivity contribution >= 4 is 17.2 Å². The van der Waals surface area contributed by atoms with Gasteiger partial charge in [0.1, 0.15) is 5.69 Å². The topological polar surface area (TPSA) is 81.5 Å². The lowest BCUT2D eigenvalue weighted by Crippen LogP contribution is -2.35. The quantitative estimate of drug-likeness (QED) is 0.513. The summed E-state index contributed by atoms with van der Waals surface area (Å²) < 4.78 is 5.78. The predicted octanol–water partition coefficient (Wildman–Crippen LogP) is 3.17. The highest BCUT2D eigenvalue weighted by molar-refractivity contribution is 5.95. The van der Waals surface area contributed by atoms with Crippen molar-refractivity contribution < 1.29 is 14.5 Å². The number of benzene rings is 1. The van der Waals surface area contributed by atoms with Crippen molar-refractivity contribution in [2.75, 3.05) is 11.9 Å². The maximum atomic E-state index is 11.4. The molecule has 22 heavy (non-hydrogen) atoms. The van der Waals surface area contributed by atoms with Gasteiger partial charge in [-0.2, -0.15) is 0 Å². The van der Waals surface area contributed by atoms with E-state index in [9.17, 15) is 14.9 Å². The van der Waals surface area contributed by atoms with Crippen LogP contribution in [0.5, 0.6) is 0 Å². The standard InChI is InChI=1S/C16H20N2O4/c1-10(19)12-4-5-14(15(8-12)18(20)21)17-13-6-7-22-16(9-13)11-2-3-11/h4-5,8,11,13,16-17H,2-3,6-7,9H2,1H3. The normalized spacial score (nSPS) is 24.8. The van der Waals surface area contributed by atoms with Crippen molar-refractivity contribution in [3.05, 3.63) is 33.9 Å². The molecular formula is C16H20N2O4. The van der Waals surface area contributed by atoms with Crippen LogP contribution in [0.4, 0.5) is 11.4 Å². The first-order valence-electron chi connectivity index (χ1n) is 7.72. The molecule has 2 fully saturated rings. The van der Waals surface area contributed by atoms with Crippen LogP contribution in [0.3, 0.4) is 0 Å². The monoisotopic (exact) mass is 304 g/mol. The van der Waals surface area contributed by atoms with Gasteiger partial charge in [0.2, 0.25) is 0 Å². The fourth-order valence-electron chi connectivity index (χ4n) is 3.00. The third-order valence-corrected chi connectivity index (χ3v) is 4.42. The van der Waals surface area contributed by atoms with Crippen LogP contribution in [0.15, 0.2) is 18.2 Å². The highest BCUT2D eigenvalue weighted by Gasteiger charge is 2.36. The van der Waals surface area contributed by atoms with Crippen LogP contribution in [0.2, 0.25) is 0 Å². The zero-order valence-electron chi connectivity index (χ0n) is 12.6. The molecule has 0 spiro atoms. The number of anilines is 1. The number of ketones is 1. The minimum atomic E-state index is -0.438. The summed E-state index contributed by atoms with van der Waals surface area (Å²) in [6, 6.07) is 4.80. The molecule has 118 valence electrons. The molecule has 3 rings (SSSR count). The highest BCUT2D eigenvalue weighted by atomic mass is 16.6. The molecule has 0 bridgehead atoms. The molecule has 1 aliphatic heterocycles. The third-order valence-electron chi connectivity index (χ3n) is 4.42. The van der Waals surface area contributed by atoms with E-state index in [2.05, 4.69) is 5.32 Å². The van der Waals surface area contributed by atoms with Gasteiger partial charge in [-0.3, -0.25) is 14.9 Å². The number of nitro groups is 1. The van der Waals surface area contributed by atoms with Gasteiger partial charge in [-0.1, -0.05) is 0 Å². The van der Waals surface area contributed by atoms with E-state index < -0.39 is 4.92 Å². The number of Topliss-reactive ketones (excluding diaryl/α,β-unsaturated/α-hetero) is 1. The van der Waals surface area contributed by atoms with Gasteiger partial charge < -0.3 is 10.1 Å². The fourth-order valence-corrected chi connectivity index (χ4v) is 3.00. The number of hydrogen-bond acceptors (Lipinski definition) is 5. The summed E-state index contributed by atoms with van der Waals surface area (Å²) in [5.74, 6) is 0.495. The maximum absolute atomic E-state index is 11.4. The Hall–Kier alpha value is -1.95. The molecule has 1 aromatic carbocycles. The maximum Gasteiger partial charge on any atom is 0.293 e. The first-order chi connectivity index (χ1) is 10.5. The SMILES string of the molecule is CC(=O)c1ccc(NC2CCOC(C3CC3)C2)c([N+](=O)[O-])c1. The van der Waals surface area contributed by atoms with E-state index in [4.69, 9.17) is 4.74 Å². The summed E-state index contributed by atoms with van der Waals surface area (Å²) in [6.07, 6.45) is 4.46. The lowest BCUT2D eigenvalue weighted by molar-refractivity contribution is -0.384. The molecule has 0 amide bonds. The van der Waals surface area contributed by atoms with E-state index in [1.54, 1.807) is 12.1 Å². The largest absolute Gasteiger partial charge is 0.378 e. The summed E-state index contributed by atoms with van der Waals surface area (Å²) >= 11 is 0. The number of rotatable bonds is 5. The van der Waals surface area contributed by atoms with Crippen LogP contribution in [-0.2, 0) is 4.74 Å². The van der Waals surface area contributed by atoms with E-state index in [0.717, 1.165) is 12.8 Å². The molecule has 6 nitrogen and oxygen atoms in total. The molecule has 2 unspecified atom stereocenters. The van der Waals surface area contributed by atoms with Crippen LogP contribution in [0.1, 0.15) is 43.0 Å². The second-order valence-electron chi connectivity index (χ2n) is 6.16. The first-order valence-corrected chi connectivity index (χ1v) is 7.72. The Labute approximate surface area is 129 Å². The molecule has 1 saturated carbocycles. The zero-order chi connectivity index (χ0) is 15.7. The van der Waals surface area contributed by atoms with E-state index in [1.807, 2.05) is 0 Å². The Bertz CT molecular complexity index is 598. The number of carbonyl (C=O) groups is 1. The summed E-state index contributed by atoms with van der Waals surface area (Å²) in [6.45, 7) is 2.10. The van der Waals surface area contributed by atoms with Gasteiger partial charge in [-0.25, -0.2) is 0 Å². The molecule has 6 heteroatoms. The molecule has 0 radical (unpaired) electrons. The molecule has 1 heterocycles. The molecule has 2 aliphatic rings. The molecule has 1 N–H and O–H groups in total. The van der Waals surface area contributed by atoms with Crippen LogP contribution >= 0.6 is 0 Å². The number of nitrogens with zero attached hydrogens (tertiary/aromatic N) is 1. The second-order valence-corrected chi connectivity index (χ2v) is 6.16. The van der Waals surface area contributed by atoms with Crippen LogP contribution in [-0.4, -0.2) is 29.5 Å². The Balaban J connectivity index is 1.75. The van der Waals surface area contributed by atoms with Crippen LogP contribution in [0, 0.1) is 16.0 Å². The molecular weight excluding hydrogens is 284 g/mol. The number of ether oxygens (including phenoxy) is 1. The predicted molar refractivity (Wildman–Crippen MR) is 82.2 cm³/mol. The Morgan fingerprint density at radius 2 is 2.14 bits per heavy atom. The Morgan fingerprint density at radius 1 is 1.36 bits per heavy atom. The van der Waals surface area contributed by atoms with E-state index in [0.29, 0.717) is 23.8 Å². The summed E-state index contributed by atoms with van der Waals surface area (Å²) in [4.78, 5) is 22.2. The lowest BCUT2D eigenvalue weighted by atomic mass is 9.99.